The molecule has 0 aromatic heterocycles. The average Bonchev–Trinajstić information content (AvgIpc) is 2.49. The number of benzene rings is 1. The molecular weight excluding hydrogens is 258 g/mol. The summed E-state index contributed by atoms with van der Waals surface area (Å²) in [5.41, 5.74) is 5.87. The molecule has 2 amide bonds. The van der Waals surface area contributed by atoms with Crippen LogP contribution in [-0.2, 0) is 4.79 Å². The lowest BCUT2D eigenvalue weighted by Crippen LogP contribution is -2.34. The molecule has 1 aromatic carbocycles. The van der Waals surface area contributed by atoms with Gasteiger partial charge in [0.25, 0.3) is 5.91 Å². The van der Waals surface area contributed by atoms with Gasteiger partial charge in [-0.25, -0.2) is 0 Å². The van der Waals surface area contributed by atoms with Crippen LogP contribution in [-0.4, -0.2) is 38.6 Å². The standard InChI is InChI=1S/C14H21N3O3/c1-20-12-6-4-11(5-7-12)14(19)17-10-9-16-13(18)3-2-8-15/h4-7H,2-3,8-10,15H2,1H3,(H,16,18)(H,17,19). The Morgan fingerprint density at radius 2 is 1.80 bits per heavy atom. The molecule has 0 heterocycles. The van der Waals surface area contributed by atoms with Gasteiger partial charge in [0.2, 0.25) is 5.91 Å². The zero-order valence-corrected chi connectivity index (χ0v) is 11.6. The first-order valence-electron chi connectivity index (χ1n) is 6.56. The maximum atomic E-state index is 11.8. The van der Waals surface area contributed by atoms with Crippen molar-refractivity contribution in [1.82, 2.24) is 10.6 Å². The van der Waals surface area contributed by atoms with Crippen LogP contribution in [0.15, 0.2) is 24.3 Å². The molecule has 110 valence electrons. The Kier molecular flexibility index (Phi) is 7.13. The van der Waals surface area contributed by atoms with Gasteiger partial charge in [0.15, 0.2) is 0 Å². The average molecular weight is 279 g/mol. The van der Waals surface area contributed by atoms with Crippen LogP contribution in [0.1, 0.15) is 23.2 Å². The molecule has 0 unspecified atom stereocenters. The van der Waals surface area contributed by atoms with E-state index in [1.54, 1.807) is 31.4 Å². The SMILES string of the molecule is COc1ccc(C(=O)NCCNC(=O)CCCN)cc1. The Bertz CT molecular complexity index is 432. The molecule has 0 saturated carbocycles. The highest BCUT2D eigenvalue weighted by Gasteiger charge is 2.05. The van der Waals surface area contributed by atoms with E-state index in [0.717, 1.165) is 0 Å². The summed E-state index contributed by atoms with van der Waals surface area (Å²) in [5, 5.41) is 5.44. The van der Waals surface area contributed by atoms with E-state index >= 15 is 0 Å². The summed E-state index contributed by atoms with van der Waals surface area (Å²) in [6.07, 6.45) is 1.09. The van der Waals surface area contributed by atoms with Crippen molar-refractivity contribution in [2.45, 2.75) is 12.8 Å². The number of nitrogens with two attached hydrogens (primary N) is 1. The van der Waals surface area contributed by atoms with Crippen molar-refractivity contribution in [3.63, 3.8) is 0 Å². The highest BCUT2D eigenvalue weighted by Crippen LogP contribution is 2.10. The van der Waals surface area contributed by atoms with Crippen LogP contribution in [0.3, 0.4) is 0 Å². The maximum Gasteiger partial charge on any atom is 0.251 e. The molecule has 0 bridgehead atoms. The highest BCUT2D eigenvalue weighted by atomic mass is 16.5. The molecule has 0 aliphatic heterocycles. The van der Waals surface area contributed by atoms with E-state index in [4.69, 9.17) is 10.5 Å². The topological polar surface area (TPSA) is 93.5 Å². The molecule has 0 fully saturated rings. The predicted octanol–water partition coefficient (Wildman–Crippen LogP) is 0.280. The first-order chi connectivity index (χ1) is 9.67. The summed E-state index contributed by atoms with van der Waals surface area (Å²) in [4.78, 5) is 23.1. The third kappa shape index (κ3) is 5.71. The summed E-state index contributed by atoms with van der Waals surface area (Å²) in [7, 11) is 1.57. The largest absolute Gasteiger partial charge is 0.497 e. The molecule has 4 N–H and O–H groups in total. The van der Waals surface area contributed by atoms with Crippen molar-refractivity contribution >= 4 is 11.8 Å². The summed E-state index contributed by atoms with van der Waals surface area (Å²) >= 11 is 0. The Hall–Kier alpha value is -2.08. The molecule has 0 aliphatic rings. The molecule has 0 saturated heterocycles. The molecule has 6 nitrogen and oxygen atoms in total. The lowest BCUT2D eigenvalue weighted by molar-refractivity contribution is -0.121. The minimum Gasteiger partial charge on any atom is -0.497 e. The van der Waals surface area contributed by atoms with Crippen LogP contribution in [0.2, 0.25) is 0 Å². The monoisotopic (exact) mass is 279 g/mol. The third-order valence-corrected chi connectivity index (χ3v) is 2.69. The fourth-order valence-electron chi connectivity index (χ4n) is 1.57. The number of carbonyl (C=O) groups excluding carboxylic acids is 2. The molecule has 0 atom stereocenters. The van der Waals surface area contributed by atoms with Crippen LogP contribution in [0.4, 0.5) is 0 Å². The highest BCUT2D eigenvalue weighted by molar-refractivity contribution is 5.94. The Balaban J connectivity index is 2.24. The van der Waals surface area contributed by atoms with Gasteiger partial charge in [-0.2, -0.15) is 0 Å². The van der Waals surface area contributed by atoms with Crippen LogP contribution < -0.4 is 21.1 Å². The normalized spacial score (nSPS) is 9.90. The first-order valence-corrected chi connectivity index (χ1v) is 6.56. The van der Waals surface area contributed by atoms with Crippen LogP contribution in [0.25, 0.3) is 0 Å². The minimum absolute atomic E-state index is 0.0471. The lowest BCUT2D eigenvalue weighted by atomic mass is 10.2. The second-order valence-corrected chi connectivity index (χ2v) is 4.23. The number of ether oxygens (including phenoxy) is 1. The number of rotatable bonds is 8. The smallest absolute Gasteiger partial charge is 0.251 e. The fourth-order valence-corrected chi connectivity index (χ4v) is 1.57. The van der Waals surface area contributed by atoms with Crippen LogP contribution in [0.5, 0.6) is 5.75 Å². The van der Waals surface area contributed by atoms with Crippen molar-refractivity contribution < 1.29 is 14.3 Å². The minimum atomic E-state index is -0.177. The second-order valence-electron chi connectivity index (χ2n) is 4.23. The summed E-state index contributed by atoms with van der Waals surface area (Å²) in [5.74, 6) is 0.478. The van der Waals surface area contributed by atoms with Gasteiger partial charge in [-0.3, -0.25) is 9.59 Å². The molecular formula is C14H21N3O3. The maximum absolute atomic E-state index is 11.8. The van der Waals surface area contributed by atoms with E-state index in [0.29, 0.717) is 43.8 Å². The quantitative estimate of drug-likeness (QED) is 0.596. The van der Waals surface area contributed by atoms with Gasteiger partial charge in [0.05, 0.1) is 7.11 Å². The van der Waals surface area contributed by atoms with E-state index in [1.807, 2.05) is 0 Å². The van der Waals surface area contributed by atoms with E-state index in [-0.39, 0.29) is 11.8 Å². The molecule has 6 heteroatoms. The number of methoxy groups -OCH3 is 1. The van der Waals surface area contributed by atoms with E-state index in [9.17, 15) is 9.59 Å². The summed E-state index contributed by atoms with van der Waals surface area (Å²) < 4.78 is 5.02. The van der Waals surface area contributed by atoms with Gasteiger partial charge in [0, 0.05) is 25.1 Å². The van der Waals surface area contributed by atoms with Crippen molar-refractivity contribution in [2.24, 2.45) is 5.73 Å². The number of amides is 2. The number of nitrogens with one attached hydrogen (secondary N) is 2. The molecule has 0 radical (unpaired) electrons. The van der Waals surface area contributed by atoms with Gasteiger partial charge in [0.1, 0.15) is 5.75 Å². The molecule has 1 aromatic rings. The van der Waals surface area contributed by atoms with E-state index < -0.39 is 0 Å². The Morgan fingerprint density at radius 1 is 1.15 bits per heavy atom. The van der Waals surface area contributed by atoms with Gasteiger partial charge in [-0.05, 0) is 37.2 Å². The van der Waals surface area contributed by atoms with Crippen molar-refractivity contribution in [1.29, 1.82) is 0 Å². The second kappa shape index (κ2) is 8.92. The Morgan fingerprint density at radius 3 is 2.40 bits per heavy atom. The van der Waals surface area contributed by atoms with E-state index in [2.05, 4.69) is 10.6 Å². The zero-order valence-electron chi connectivity index (χ0n) is 11.6. The first kappa shape index (κ1) is 16.0. The van der Waals surface area contributed by atoms with Gasteiger partial charge in [-0.1, -0.05) is 0 Å². The zero-order chi connectivity index (χ0) is 14.8. The molecule has 0 spiro atoms. The predicted molar refractivity (Wildman–Crippen MR) is 76.6 cm³/mol. The van der Waals surface area contributed by atoms with Crippen molar-refractivity contribution in [3.8, 4) is 5.75 Å². The molecule has 0 aliphatic carbocycles. The van der Waals surface area contributed by atoms with Gasteiger partial charge in [-0.15, -0.1) is 0 Å². The Labute approximate surface area is 118 Å². The van der Waals surface area contributed by atoms with Crippen LogP contribution in [0, 0.1) is 0 Å². The van der Waals surface area contributed by atoms with Gasteiger partial charge < -0.3 is 21.1 Å². The number of hydrogen-bond donors (Lipinski definition) is 3. The molecule has 1 rings (SSSR count). The van der Waals surface area contributed by atoms with Gasteiger partial charge >= 0.3 is 0 Å². The van der Waals surface area contributed by atoms with Crippen molar-refractivity contribution in [2.75, 3.05) is 26.7 Å². The van der Waals surface area contributed by atoms with E-state index in [1.165, 1.54) is 0 Å². The number of hydrogen-bond acceptors (Lipinski definition) is 4. The third-order valence-electron chi connectivity index (χ3n) is 2.69. The lowest BCUT2D eigenvalue weighted by Gasteiger charge is -2.07. The van der Waals surface area contributed by atoms with Crippen LogP contribution >= 0.6 is 0 Å². The fraction of sp³-hybridized carbons (Fsp3) is 0.429. The summed E-state index contributed by atoms with van der Waals surface area (Å²) in [6, 6.07) is 6.83. The molecule has 20 heavy (non-hydrogen) atoms. The number of carbonyl (C=O) groups is 2. The van der Waals surface area contributed by atoms with Crippen molar-refractivity contribution in [3.05, 3.63) is 29.8 Å². The summed E-state index contributed by atoms with van der Waals surface area (Å²) in [6.45, 7) is 1.30.